The standard InChI is InChI=1S/C13H10ClNO4/c1-18-10-6-11(13(16)17)15-12(7-10)19-9-4-2-3-8(14)5-9/h2-7H,1H3,(H,16,17). The van der Waals surface area contributed by atoms with Crippen molar-refractivity contribution in [3.8, 4) is 17.4 Å². The van der Waals surface area contributed by atoms with Gasteiger partial charge in [0.25, 0.3) is 0 Å². The smallest absolute Gasteiger partial charge is 0.354 e. The first-order valence-corrected chi connectivity index (χ1v) is 5.69. The average molecular weight is 280 g/mol. The third-order valence-corrected chi connectivity index (χ3v) is 2.48. The summed E-state index contributed by atoms with van der Waals surface area (Å²) in [6.07, 6.45) is 0. The van der Waals surface area contributed by atoms with Gasteiger partial charge in [-0.3, -0.25) is 0 Å². The van der Waals surface area contributed by atoms with Crippen LogP contribution in [0.5, 0.6) is 17.4 Å². The number of pyridine rings is 1. The highest BCUT2D eigenvalue weighted by Gasteiger charge is 2.11. The molecule has 19 heavy (non-hydrogen) atoms. The molecule has 0 spiro atoms. The molecule has 5 nitrogen and oxygen atoms in total. The summed E-state index contributed by atoms with van der Waals surface area (Å²) in [6.45, 7) is 0. The zero-order chi connectivity index (χ0) is 13.8. The van der Waals surface area contributed by atoms with Crippen molar-refractivity contribution < 1.29 is 19.4 Å². The van der Waals surface area contributed by atoms with Gasteiger partial charge in [0.05, 0.1) is 7.11 Å². The number of rotatable bonds is 4. The van der Waals surface area contributed by atoms with Crippen LogP contribution in [0.25, 0.3) is 0 Å². The normalized spacial score (nSPS) is 10.0. The van der Waals surface area contributed by atoms with Gasteiger partial charge in [-0.05, 0) is 18.2 Å². The highest BCUT2D eigenvalue weighted by atomic mass is 35.5. The summed E-state index contributed by atoms with van der Waals surface area (Å²) >= 11 is 5.83. The molecule has 0 aliphatic heterocycles. The van der Waals surface area contributed by atoms with Crippen LogP contribution in [0.1, 0.15) is 10.5 Å². The summed E-state index contributed by atoms with van der Waals surface area (Å²) in [5.74, 6) is -0.220. The SMILES string of the molecule is COc1cc(Oc2cccc(Cl)c2)nc(C(=O)O)c1. The van der Waals surface area contributed by atoms with Gasteiger partial charge in [0.2, 0.25) is 5.88 Å². The number of hydrogen-bond donors (Lipinski definition) is 1. The molecule has 0 bridgehead atoms. The number of carboxylic acid groups (broad SMARTS) is 1. The van der Waals surface area contributed by atoms with E-state index in [1.54, 1.807) is 24.3 Å². The van der Waals surface area contributed by atoms with E-state index >= 15 is 0 Å². The van der Waals surface area contributed by atoms with Crippen LogP contribution in [0.2, 0.25) is 5.02 Å². The van der Waals surface area contributed by atoms with Gasteiger partial charge < -0.3 is 14.6 Å². The average Bonchev–Trinajstić information content (AvgIpc) is 2.38. The molecule has 0 radical (unpaired) electrons. The van der Waals surface area contributed by atoms with E-state index in [1.807, 2.05) is 0 Å². The summed E-state index contributed by atoms with van der Waals surface area (Å²) in [7, 11) is 1.43. The molecular weight excluding hydrogens is 270 g/mol. The Hall–Kier alpha value is -2.27. The fourth-order valence-electron chi connectivity index (χ4n) is 1.41. The van der Waals surface area contributed by atoms with Crippen molar-refractivity contribution in [1.82, 2.24) is 4.98 Å². The number of aromatic carboxylic acids is 1. The molecular formula is C13H10ClNO4. The number of methoxy groups -OCH3 is 1. The lowest BCUT2D eigenvalue weighted by molar-refractivity contribution is 0.0689. The maximum atomic E-state index is 10.9. The van der Waals surface area contributed by atoms with E-state index in [0.717, 1.165) is 0 Å². The number of carbonyl (C=O) groups is 1. The Bertz CT molecular complexity index is 615. The van der Waals surface area contributed by atoms with Gasteiger partial charge in [-0.2, -0.15) is 0 Å². The molecule has 6 heteroatoms. The van der Waals surface area contributed by atoms with Gasteiger partial charge in [-0.25, -0.2) is 9.78 Å². The number of benzene rings is 1. The van der Waals surface area contributed by atoms with Gasteiger partial charge in [-0.1, -0.05) is 17.7 Å². The second-order valence-corrected chi connectivity index (χ2v) is 4.03. The fourth-order valence-corrected chi connectivity index (χ4v) is 1.59. The number of nitrogens with zero attached hydrogens (tertiary/aromatic N) is 1. The molecule has 0 fully saturated rings. The third-order valence-electron chi connectivity index (χ3n) is 2.25. The van der Waals surface area contributed by atoms with E-state index in [1.165, 1.54) is 19.2 Å². The summed E-state index contributed by atoms with van der Waals surface area (Å²) in [4.78, 5) is 14.8. The topological polar surface area (TPSA) is 68.7 Å². The quantitative estimate of drug-likeness (QED) is 0.930. The van der Waals surface area contributed by atoms with Gasteiger partial charge in [0.1, 0.15) is 11.5 Å². The van der Waals surface area contributed by atoms with Crippen molar-refractivity contribution in [3.05, 3.63) is 47.1 Å². The van der Waals surface area contributed by atoms with E-state index in [2.05, 4.69) is 4.98 Å². The molecule has 98 valence electrons. The van der Waals surface area contributed by atoms with Crippen LogP contribution >= 0.6 is 11.6 Å². The van der Waals surface area contributed by atoms with Crippen LogP contribution in [0.4, 0.5) is 0 Å². The summed E-state index contributed by atoms with van der Waals surface area (Å²) in [5, 5.41) is 9.46. The summed E-state index contributed by atoms with van der Waals surface area (Å²) < 4.78 is 10.5. The molecule has 0 atom stereocenters. The van der Waals surface area contributed by atoms with Gasteiger partial charge in [-0.15, -0.1) is 0 Å². The Morgan fingerprint density at radius 1 is 1.26 bits per heavy atom. The van der Waals surface area contributed by atoms with Gasteiger partial charge >= 0.3 is 5.97 Å². The molecule has 0 amide bonds. The lowest BCUT2D eigenvalue weighted by atomic mass is 10.3. The maximum absolute atomic E-state index is 10.9. The molecule has 0 unspecified atom stereocenters. The van der Waals surface area contributed by atoms with Crippen molar-refractivity contribution in [2.75, 3.05) is 7.11 Å². The lowest BCUT2D eigenvalue weighted by Gasteiger charge is -2.08. The van der Waals surface area contributed by atoms with Crippen LogP contribution in [-0.4, -0.2) is 23.2 Å². The Labute approximate surface area is 114 Å². The van der Waals surface area contributed by atoms with E-state index in [9.17, 15) is 4.79 Å². The van der Waals surface area contributed by atoms with E-state index in [0.29, 0.717) is 16.5 Å². The first-order valence-electron chi connectivity index (χ1n) is 5.31. The minimum Gasteiger partial charge on any atom is -0.496 e. The molecule has 1 aromatic carbocycles. The van der Waals surface area contributed by atoms with E-state index < -0.39 is 5.97 Å². The number of carboxylic acids is 1. The van der Waals surface area contributed by atoms with E-state index in [4.69, 9.17) is 26.2 Å². The fraction of sp³-hybridized carbons (Fsp3) is 0.0769. The van der Waals surface area contributed by atoms with Crippen LogP contribution in [-0.2, 0) is 0 Å². The first kappa shape index (κ1) is 13.2. The maximum Gasteiger partial charge on any atom is 0.354 e. The van der Waals surface area contributed by atoms with Crippen molar-refractivity contribution >= 4 is 17.6 Å². The van der Waals surface area contributed by atoms with Crippen LogP contribution in [0, 0.1) is 0 Å². The zero-order valence-electron chi connectivity index (χ0n) is 9.96. The number of aromatic nitrogens is 1. The monoisotopic (exact) mass is 279 g/mol. The van der Waals surface area contributed by atoms with Crippen LogP contribution in [0.15, 0.2) is 36.4 Å². The number of hydrogen-bond acceptors (Lipinski definition) is 4. The number of halogens is 1. The first-order chi connectivity index (χ1) is 9.08. The second-order valence-electron chi connectivity index (χ2n) is 3.60. The predicted molar refractivity (Wildman–Crippen MR) is 69.3 cm³/mol. The van der Waals surface area contributed by atoms with Crippen LogP contribution < -0.4 is 9.47 Å². The largest absolute Gasteiger partial charge is 0.496 e. The van der Waals surface area contributed by atoms with E-state index in [-0.39, 0.29) is 11.6 Å². The number of ether oxygens (including phenoxy) is 2. The molecule has 2 rings (SSSR count). The molecule has 2 aromatic rings. The Morgan fingerprint density at radius 2 is 2.05 bits per heavy atom. The van der Waals surface area contributed by atoms with Crippen molar-refractivity contribution in [2.45, 2.75) is 0 Å². The van der Waals surface area contributed by atoms with Crippen molar-refractivity contribution in [3.63, 3.8) is 0 Å². The molecule has 0 aliphatic rings. The molecule has 0 saturated heterocycles. The predicted octanol–water partition coefficient (Wildman–Crippen LogP) is 3.23. The Balaban J connectivity index is 2.34. The van der Waals surface area contributed by atoms with Crippen LogP contribution in [0.3, 0.4) is 0 Å². The summed E-state index contributed by atoms with van der Waals surface area (Å²) in [6, 6.07) is 9.52. The summed E-state index contributed by atoms with van der Waals surface area (Å²) in [5.41, 5.74) is -0.156. The molecule has 1 heterocycles. The molecule has 0 saturated carbocycles. The Kier molecular flexibility index (Phi) is 3.87. The van der Waals surface area contributed by atoms with Crippen molar-refractivity contribution in [2.24, 2.45) is 0 Å². The lowest BCUT2D eigenvalue weighted by Crippen LogP contribution is -2.02. The van der Waals surface area contributed by atoms with Gasteiger partial charge in [0.15, 0.2) is 5.69 Å². The molecule has 0 aliphatic carbocycles. The van der Waals surface area contributed by atoms with Gasteiger partial charge in [0, 0.05) is 17.2 Å². The minimum atomic E-state index is -1.16. The second kappa shape index (κ2) is 5.58. The Morgan fingerprint density at radius 3 is 2.68 bits per heavy atom. The minimum absolute atomic E-state index is 0.124. The molecule has 1 aromatic heterocycles. The zero-order valence-corrected chi connectivity index (χ0v) is 10.7. The third kappa shape index (κ3) is 3.35. The highest BCUT2D eigenvalue weighted by molar-refractivity contribution is 6.30. The van der Waals surface area contributed by atoms with Crippen molar-refractivity contribution in [1.29, 1.82) is 0 Å². The highest BCUT2D eigenvalue weighted by Crippen LogP contribution is 2.26. The molecule has 1 N–H and O–H groups in total.